The highest BCUT2D eigenvalue weighted by Crippen LogP contribution is 2.20. The topological polar surface area (TPSA) is 74.6 Å². The van der Waals surface area contributed by atoms with E-state index in [2.05, 4.69) is 10.2 Å². The lowest BCUT2D eigenvalue weighted by Gasteiger charge is -2.28. The van der Waals surface area contributed by atoms with Crippen molar-refractivity contribution in [2.75, 3.05) is 36.5 Å². The van der Waals surface area contributed by atoms with Crippen LogP contribution in [0.2, 0.25) is 0 Å². The summed E-state index contributed by atoms with van der Waals surface area (Å²) in [5.74, 6) is 0.278. The van der Waals surface area contributed by atoms with Crippen molar-refractivity contribution in [1.29, 1.82) is 5.26 Å². The van der Waals surface area contributed by atoms with Crippen molar-refractivity contribution in [3.05, 3.63) is 95.6 Å². The smallest absolute Gasteiger partial charge is 0.266 e. The van der Waals surface area contributed by atoms with Gasteiger partial charge in [0.25, 0.3) is 5.91 Å². The van der Waals surface area contributed by atoms with Crippen molar-refractivity contribution in [2.45, 2.75) is 6.61 Å². The second-order valence-electron chi connectivity index (χ2n) is 7.61. The van der Waals surface area contributed by atoms with E-state index in [0.29, 0.717) is 12.3 Å². The summed E-state index contributed by atoms with van der Waals surface area (Å²) in [6.45, 7) is 3.61. The van der Waals surface area contributed by atoms with Crippen LogP contribution in [0.4, 0.5) is 11.4 Å². The molecule has 0 spiro atoms. The number of rotatable bonds is 7. The van der Waals surface area contributed by atoms with Gasteiger partial charge in [0.2, 0.25) is 0 Å². The number of nitrogens with zero attached hydrogens (tertiary/aromatic N) is 2. The Balaban J connectivity index is 1.35. The Morgan fingerprint density at radius 2 is 1.70 bits per heavy atom. The van der Waals surface area contributed by atoms with Crippen molar-refractivity contribution in [1.82, 2.24) is 0 Å². The van der Waals surface area contributed by atoms with Gasteiger partial charge in [-0.2, -0.15) is 5.26 Å². The molecule has 4 rings (SSSR count). The Bertz CT molecular complexity index is 1130. The van der Waals surface area contributed by atoms with Crippen LogP contribution in [0.15, 0.2) is 84.4 Å². The first-order chi connectivity index (χ1) is 16.2. The summed E-state index contributed by atoms with van der Waals surface area (Å²) in [6, 6.07) is 26.8. The minimum Gasteiger partial charge on any atom is -0.489 e. The normalized spacial score (nSPS) is 13.8. The summed E-state index contributed by atoms with van der Waals surface area (Å²) < 4.78 is 11.2. The van der Waals surface area contributed by atoms with Crippen molar-refractivity contribution < 1.29 is 14.3 Å². The van der Waals surface area contributed by atoms with Crippen LogP contribution in [-0.4, -0.2) is 32.2 Å². The van der Waals surface area contributed by atoms with Gasteiger partial charge >= 0.3 is 0 Å². The second-order valence-corrected chi connectivity index (χ2v) is 7.61. The minimum atomic E-state index is -0.443. The average molecular weight is 440 g/mol. The first kappa shape index (κ1) is 22.1. The number of anilines is 2. The van der Waals surface area contributed by atoms with Crippen LogP contribution in [0.3, 0.4) is 0 Å². The molecule has 1 aliphatic heterocycles. The van der Waals surface area contributed by atoms with Crippen LogP contribution in [0.5, 0.6) is 5.75 Å². The number of carbonyl (C=O) groups excluding carboxylic acids is 1. The molecule has 1 amide bonds. The van der Waals surface area contributed by atoms with Crippen LogP contribution in [0, 0.1) is 11.3 Å². The predicted molar refractivity (Wildman–Crippen MR) is 129 cm³/mol. The molecule has 0 unspecified atom stereocenters. The highest BCUT2D eigenvalue weighted by atomic mass is 16.5. The van der Waals surface area contributed by atoms with E-state index in [1.54, 1.807) is 6.08 Å². The molecule has 0 aromatic heterocycles. The maximum atomic E-state index is 12.6. The molecule has 0 radical (unpaired) electrons. The Morgan fingerprint density at radius 1 is 1.00 bits per heavy atom. The molecule has 3 aromatic carbocycles. The number of ether oxygens (including phenoxy) is 2. The van der Waals surface area contributed by atoms with Crippen LogP contribution in [0.1, 0.15) is 11.1 Å². The fourth-order valence-corrected chi connectivity index (χ4v) is 3.49. The summed E-state index contributed by atoms with van der Waals surface area (Å²) in [5, 5.41) is 12.3. The van der Waals surface area contributed by atoms with Crippen molar-refractivity contribution in [3.8, 4) is 11.8 Å². The quantitative estimate of drug-likeness (QED) is 0.429. The van der Waals surface area contributed by atoms with Crippen LogP contribution in [0.25, 0.3) is 6.08 Å². The first-order valence-corrected chi connectivity index (χ1v) is 10.8. The molecule has 1 N–H and O–H groups in total. The number of morpholine rings is 1. The monoisotopic (exact) mass is 439 g/mol. The Morgan fingerprint density at radius 3 is 2.36 bits per heavy atom. The fraction of sp³-hybridized carbons (Fsp3) is 0.185. The lowest BCUT2D eigenvalue weighted by molar-refractivity contribution is -0.112. The maximum absolute atomic E-state index is 12.6. The van der Waals surface area contributed by atoms with Gasteiger partial charge in [-0.15, -0.1) is 0 Å². The largest absolute Gasteiger partial charge is 0.489 e. The number of nitrogens with one attached hydrogen (secondary N) is 1. The third kappa shape index (κ3) is 6.22. The third-order valence-corrected chi connectivity index (χ3v) is 5.31. The van der Waals surface area contributed by atoms with Gasteiger partial charge in [0.15, 0.2) is 0 Å². The molecular formula is C27H25N3O3. The van der Waals surface area contributed by atoms with Crippen molar-refractivity contribution in [3.63, 3.8) is 0 Å². The Kier molecular flexibility index (Phi) is 7.36. The van der Waals surface area contributed by atoms with Crippen LogP contribution < -0.4 is 15.0 Å². The van der Waals surface area contributed by atoms with E-state index >= 15 is 0 Å². The van der Waals surface area contributed by atoms with E-state index in [0.717, 1.165) is 48.9 Å². The van der Waals surface area contributed by atoms with Gasteiger partial charge < -0.3 is 19.7 Å². The molecule has 6 heteroatoms. The molecule has 0 atom stereocenters. The third-order valence-electron chi connectivity index (χ3n) is 5.31. The van der Waals surface area contributed by atoms with Gasteiger partial charge in [-0.05, 0) is 53.6 Å². The molecular weight excluding hydrogens is 414 g/mol. The molecule has 3 aromatic rings. The molecule has 1 heterocycles. The summed E-state index contributed by atoms with van der Waals surface area (Å²) >= 11 is 0. The number of benzene rings is 3. The highest BCUT2D eigenvalue weighted by Gasteiger charge is 2.13. The molecule has 33 heavy (non-hydrogen) atoms. The van der Waals surface area contributed by atoms with Gasteiger partial charge in [0, 0.05) is 24.5 Å². The van der Waals surface area contributed by atoms with Gasteiger partial charge in [-0.25, -0.2) is 0 Å². The van der Waals surface area contributed by atoms with Gasteiger partial charge in [0.1, 0.15) is 24.0 Å². The average Bonchev–Trinajstić information content (AvgIpc) is 2.88. The zero-order valence-corrected chi connectivity index (χ0v) is 18.2. The predicted octanol–water partition coefficient (Wildman–Crippen LogP) is 4.65. The fourth-order valence-electron chi connectivity index (χ4n) is 3.49. The van der Waals surface area contributed by atoms with Crippen molar-refractivity contribution in [2.24, 2.45) is 0 Å². The van der Waals surface area contributed by atoms with E-state index < -0.39 is 5.91 Å². The number of nitriles is 1. The maximum Gasteiger partial charge on any atom is 0.266 e. The van der Waals surface area contributed by atoms with E-state index in [1.165, 1.54) is 0 Å². The van der Waals surface area contributed by atoms with Gasteiger partial charge in [-0.1, -0.05) is 42.5 Å². The van der Waals surface area contributed by atoms with Gasteiger partial charge in [-0.3, -0.25) is 4.79 Å². The van der Waals surface area contributed by atoms with Crippen LogP contribution >= 0.6 is 0 Å². The second kappa shape index (κ2) is 11.0. The van der Waals surface area contributed by atoms with E-state index in [4.69, 9.17) is 9.47 Å². The van der Waals surface area contributed by atoms with E-state index in [9.17, 15) is 10.1 Å². The molecule has 1 saturated heterocycles. The number of amides is 1. The van der Waals surface area contributed by atoms with E-state index in [1.807, 2.05) is 84.9 Å². The number of hydrogen-bond donors (Lipinski definition) is 1. The SMILES string of the molecule is N#C/C(=C/c1ccc(OCc2ccccc2)cc1)C(=O)Nc1ccc(N2CCOCC2)cc1. The first-order valence-electron chi connectivity index (χ1n) is 10.8. The standard InChI is InChI=1S/C27H25N3O3/c28-19-23(18-21-6-12-26(13-7-21)33-20-22-4-2-1-3-5-22)27(31)29-24-8-10-25(11-9-24)30-14-16-32-17-15-30/h1-13,18H,14-17,20H2,(H,29,31)/b23-18-. The summed E-state index contributed by atoms with van der Waals surface area (Å²) in [5.41, 5.74) is 3.59. The zero-order valence-electron chi connectivity index (χ0n) is 18.2. The Hall–Kier alpha value is -4.08. The summed E-state index contributed by atoms with van der Waals surface area (Å²) in [7, 11) is 0. The van der Waals surface area contributed by atoms with Crippen LogP contribution in [-0.2, 0) is 16.1 Å². The lowest BCUT2D eigenvalue weighted by Crippen LogP contribution is -2.36. The number of carbonyl (C=O) groups is 1. The molecule has 166 valence electrons. The molecule has 0 aliphatic carbocycles. The van der Waals surface area contributed by atoms with E-state index in [-0.39, 0.29) is 5.57 Å². The molecule has 1 fully saturated rings. The Labute approximate surface area is 193 Å². The molecule has 0 saturated carbocycles. The zero-order chi connectivity index (χ0) is 22.9. The highest BCUT2D eigenvalue weighted by molar-refractivity contribution is 6.09. The summed E-state index contributed by atoms with van der Waals surface area (Å²) in [4.78, 5) is 14.8. The van der Waals surface area contributed by atoms with Gasteiger partial charge in [0.05, 0.1) is 13.2 Å². The molecule has 1 aliphatic rings. The minimum absolute atomic E-state index is 0.0326. The molecule has 0 bridgehead atoms. The number of hydrogen-bond acceptors (Lipinski definition) is 5. The lowest BCUT2D eigenvalue weighted by atomic mass is 10.1. The van der Waals surface area contributed by atoms with Crippen molar-refractivity contribution >= 4 is 23.4 Å². The summed E-state index contributed by atoms with van der Waals surface area (Å²) in [6.07, 6.45) is 1.57. The molecule has 6 nitrogen and oxygen atoms in total.